The minimum Gasteiger partial charge on any atom is -0.481 e. The second-order valence-electron chi connectivity index (χ2n) is 5.84. The summed E-state index contributed by atoms with van der Waals surface area (Å²) in [5.74, 6) is -0.619. The molecule has 104 valence electrons. The number of carbonyl (C=O) groups is 1. The van der Waals surface area contributed by atoms with Crippen molar-refractivity contribution in [3.8, 4) is 0 Å². The topological polar surface area (TPSA) is 49.8 Å². The Balaban J connectivity index is 1.97. The van der Waals surface area contributed by atoms with Gasteiger partial charge < -0.3 is 9.84 Å². The number of rotatable bonds is 4. The summed E-state index contributed by atoms with van der Waals surface area (Å²) in [5, 5.41) is 9.43. The monoisotopic (exact) mass is 255 g/mol. The maximum atomic E-state index is 11.5. The summed E-state index contributed by atoms with van der Waals surface area (Å²) < 4.78 is 5.46. The molecule has 3 unspecified atom stereocenters. The molecule has 0 spiro atoms. The molecule has 0 aromatic carbocycles. The summed E-state index contributed by atoms with van der Waals surface area (Å²) in [5.41, 5.74) is -0.500. The third-order valence-corrected chi connectivity index (χ3v) is 4.96. The number of methoxy groups -OCH3 is 1. The van der Waals surface area contributed by atoms with Gasteiger partial charge in [0.05, 0.1) is 11.5 Å². The number of carboxylic acid groups (broad SMARTS) is 1. The van der Waals surface area contributed by atoms with Crippen molar-refractivity contribution >= 4 is 5.97 Å². The van der Waals surface area contributed by atoms with Crippen LogP contribution in [0.25, 0.3) is 0 Å². The van der Waals surface area contributed by atoms with E-state index < -0.39 is 11.4 Å². The first kappa shape index (κ1) is 13.8. The van der Waals surface area contributed by atoms with Crippen LogP contribution in [0.5, 0.6) is 0 Å². The van der Waals surface area contributed by atoms with Gasteiger partial charge in [-0.15, -0.1) is 0 Å². The summed E-state index contributed by atoms with van der Waals surface area (Å²) in [6, 6.07) is 0.525. The van der Waals surface area contributed by atoms with Crippen LogP contribution in [-0.4, -0.2) is 48.3 Å². The van der Waals surface area contributed by atoms with Crippen molar-refractivity contribution in [1.29, 1.82) is 0 Å². The van der Waals surface area contributed by atoms with E-state index in [0.717, 1.165) is 38.8 Å². The largest absolute Gasteiger partial charge is 0.481 e. The van der Waals surface area contributed by atoms with Gasteiger partial charge in [0.15, 0.2) is 0 Å². The first-order valence-corrected chi connectivity index (χ1v) is 7.11. The van der Waals surface area contributed by atoms with Gasteiger partial charge >= 0.3 is 5.97 Å². The van der Waals surface area contributed by atoms with Crippen LogP contribution in [0.3, 0.4) is 0 Å². The third kappa shape index (κ3) is 2.54. The molecule has 18 heavy (non-hydrogen) atoms. The van der Waals surface area contributed by atoms with Crippen LogP contribution in [0.15, 0.2) is 0 Å². The highest BCUT2D eigenvalue weighted by Gasteiger charge is 2.45. The molecule has 0 aromatic heterocycles. The van der Waals surface area contributed by atoms with Crippen LogP contribution in [-0.2, 0) is 9.53 Å². The van der Waals surface area contributed by atoms with Gasteiger partial charge in [-0.1, -0.05) is 6.92 Å². The van der Waals surface area contributed by atoms with Crippen molar-refractivity contribution in [2.24, 2.45) is 5.41 Å². The molecule has 1 aliphatic heterocycles. The molecule has 2 fully saturated rings. The molecule has 1 aliphatic carbocycles. The van der Waals surface area contributed by atoms with Gasteiger partial charge in [0.25, 0.3) is 0 Å². The van der Waals surface area contributed by atoms with Gasteiger partial charge in [0.2, 0.25) is 0 Å². The van der Waals surface area contributed by atoms with E-state index in [0.29, 0.717) is 12.1 Å². The first-order chi connectivity index (χ1) is 8.61. The second-order valence-corrected chi connectivity index (χ2v) is 5.84. The van der Waals surface area contributed by atoms with Gasteiger partial charge in [0.1, 0.15) is 0 Å². The molecular weight excluding hydrogens is 230 g/mol. The van der Waals surface area contributed by atoms with Crippen LogP contribution in [0.1, 0.15) is 45.4 Å². The predicted octanol–water partition coefficient (Wildman–Crippen LogP) is 2.13. The summed E-state index contributed by atoms with van der Waals surface area (Å²) >= 11 is 0. The molecule has 1 N–H and O–H groups in total. The molecule has 4 nitrogen and oxygen atoms in total. The normalized spacial score (nSPS) is 37.9. The van der Waals surface area contributed by atoms with E-state index in [1.807, 2.05) is 6.92 Å². The minimum atomic E-state index is -0.619. The van der Waals surface area contributed by atoms with E-state index in [4.69, 9.17) is 4.74 Å². The minimum absolute atomic E-state index is 0.366. The summed E-state index contributed by atoms with van der Waals surface area (Å²) in [7, 11) is 1.78. The Morgan fingerprint density at radius 1 is 1.50 bits per heavy atom. The number of hydrogen-bond acceptors (Lipinski definition) is 3. The number of aliphatic carboxylic acids is 1. The summed E-state index contributed by atoms with van der Waals surface area (Å²) in [6.45, 7) is 3.65. The first-order valence-electron chi connectivity index (χ1n) is 7.11. The lowest BCUT2D eigenvalue weighted by Gasteiger charge is -2.35. The molecule has 0 bridgehead atoms. The lowest BCUT2D eigenvalue weighted by molar-refractivity contribution is -0.148. The molecule has 0 aromatic rings. The average molecular weight is 255 g/mol. The highest BCUT2D eigenvalue weighted by Crippen LogP contribution is 2.37. The molecule has 3 atom stereocenters. The van der Waals surface area contributed by atoms with E-state index in [2.05, 4.69) is 4.90 Å². The zero-order chi connectivity index (χ0) is 13.2. The highest BCUT2D eigenvalue weighted by molar-refractivity contribution is 5.75. The fourth-order valence-corrected chi connectivity index (χ4v) is 3.50. The number of ether oxygens (including phenoxy) is 1. The van der Waals surface area contributed by atoms with Crippen molar-refractivity contribution in [2.45, 2.75) is 57.6 Å². The van der Waals surface area contributed by atoms with Gasteiger partial charge in [-0.3, -0.25) is 9.69 Å². The van der Waals surface area contributed by atoms with Gasteiger partial charge in [-0.2, -0.15) is 0 Å². The Morgan fingerprint density at radius 3 is 2.83 bits per heavy atom. The molecule has 0 radical (unpaired) electrons. The average Bonchev–Trinajstić information content (AvgIpc) is 2.84. The van der Waals surface area contributed by atoms with Crippen LogP contribution in [0, 0.1) is 5.41 Å². The van der Waals surface area contributed by atoms with Crippen molar-refractivity contribution in [3.63, 3.8) is 0 Å². The van der Waals surface area contributed by atoms with Crippen LogP contribution in [0.2, 0.25) is 0 Å². The van der Waals surface area contributed by atoms with Gasteiger partial charge in [0, 0.05) is 19.7 Å². The smallest absolute Gasteiger partial charge is 0.310 e. The van der Waals surface area contributed by atoms with Gasteiger partial charge in [-0.05, 0) is 45.1 Å². The van der Waals surface area contributed by atoms with Crippen LogP contribution >= 0.6 is 0 Å². The lowest BCUT2D eigenvalue weighted by Crippen LogP contribution is -2.42. The number of nitrogens with zero attached hydrogens (tertiary/aromatic N) is 1. The van der Waals surface area contributed by atoms with E-state index in [1.165, 1.54) is 12.8 Å². The number of carboxylic acids is 1. The van der Waals surface area contributed by atoms with Crippen molar-refractivity contribution in [2.75, 3.05) is 20.2 Å². The van der Waals surface area contributed by atoms with Gasteiger partial charge in [-0.25, -0.2) is 0 Å². The molecule has 1 saturated carbocycles. The summed E-state index contributed by atoms with van der Waals surface area (Å²) in [6.07, 6.45) is 6.51. The second kappa shape index (κ2) is 5.57. The maximum Gasteiger partial charge on any atom is 0.310 e. The zero-order valence-electron chi connectivity index (χ0n) is 11.5. The molecule has 1 heterocycles. The van der Waals surface area contributed by atoms with Crippen molar-refractivity contribution in [1.82, 2.24) is 4.90 Å². The van der Waals surface area contributed by atoms with E-state index >= 15 is 0 Å². The summed E-state index contributed by atoms with van der Waals surface area (Å²) in [4.78, 5) is 13.8. The Hall–Kier alpha value is -0.610. The SMILES string of the molecule is CCC1(C(=O)O)CCN(C2CCCC(OC)C2)C1. The fraction of sp³-hybridized carbons (Fsp3) is 0.929. The highest BCUT2D eigenvalue weighted by atomic mass is 16.5. The quantitative estimate of drug-likeness (QED) is 0.836. The maximum absolute atomic E-state index is 11.5. The zero-order valence-corrected chi connectivity index (χ0v) is 11.5. The number of likely N-dealkylation sites (tertiary alicyclic amines) is 1. The Kier molecular flexibility index (Phi) is 4.28. The molecule has 1 saturated heterocycles. The molecular formula is C14H25NO3. The Labute approximate surface area is 109 Å². The predicted molar refractivity (Wildman–Crippen MR) is 69.6 cm³/mol. The molecule has 4 heteroatoms. The van der Waals surface area contributed by atoms with E-state index in [1.54, 1.807) is 7.11 Å². The number of hydrogen-bond donors (Lipinski definition) is 1. The Morgan fingerprint density at radius 2 is 2.28 bits per heavy atom. The van der Waals surface area contributed by atoms with Crippen LogP contribution in [0.4, 0.5) is 0 Å². The standard InChI is InChI=1S/C14H25NO3/c1-3-14(13(16)17)7-8-15(10-14)11-5-4-6-12(9-11)18-2/h11-12H,3-10H2,1-2H3,(H,16,17). The third-order valence-electron chi connectivity index (χ3n) is 4.96. The van der Waals surface area contributed by atoms with Crippen molar-refractivity contribution < 1.29 is 14.6 Å². The molecule has 2 aliphatic rings. The van der Waals surface area contributed by atoms with E-state index in [9.17, 15) is 9.90 Å². The fourth-order valence-electron chi connectivity index (χ4n) is 3.50. The molecule has 0 amide bonds. The lowest BCUT2D eigenvalue weighted by atomic mass is 9.84. The van der Waals surface area contributed by atoms with Crippen LogP contribution < -0.4 is 0 Å². The van der Waals surface area contributed by atoms with Crippen molar-refractivity contribution in [3.05, 3.63) is 0 Å². The van der Waals surface area contributed by atoms with E-state index in [-0.39, 0.29) is 0 Å². The Bertz CT molecular complexity index is 307. The molecule has 2 rings (SSSR count).